The standard InChI is InChI=1S/C27H21BrClNO5/c1-3-12-34-18-8-4-15(5-9-18)24-23-25(31)19-13-16(28)6-10-21(19)35-26(23)27(32)30(24)17-7-11-22(33-2)20(29)14-17/h4-11,13-14,24H,3,12H2,1-2H3. The van der Waals surface area contributed by atoms with Crippen molar-refractivity contribution in [2.75, 3.05) is 18.6 Å². The van der Waals surface area contributed by atoms with Crippen molar-refractivity contribution in [1.29, 1.82) is 0 Å². The van der Waals surface area contributed by atoms with E-state index in [0.29, 0.717) is 39.8 Å². The van der Waals surface area contributed by atoms with Gasteiger partial charge < -0.3 is 13.9 Å². The Morgan fingerprint density at radius 2 is 1.83 bits per heavy atom. The maximum Gasteiger partial charge on any atom is 0.295 e. The SMILES string of the molecule is CCCOc1ccc(C2c3c(oc4ccc(Br)cc4c3=O)C(=O)N2c2ccc(OC)c(Cl)c2)cc1. The monoisotopic (exact) mass is 553 g/mol. The van der Waals surface area contributed by atoms with Crippen LogP contribution < -0.4 is 19.8 Å². The fourth-order valence-electron chi connectivity index (χ4n) is 4.30. The molecule has 0 fully saturated rings. The normalized spacial score (nSPS) is 14.9. The largest absolute Gasteiger partial charge is 0.495 e. The second-order valence-electron chi connectivity index (χ2n) is 8.13. The Morgan fingerprint density at radius 1 is 1.06 bits per heavy atom. The number of benzene rings is 3. The third kappa shape index (κ3) is 4.09. The number of ether oxygens (including phenoxy) is 2. The molecule has 0 spiro atoms. The average Bonchev–Trinajstić information content (AvgIpc) is 3.16. The maximum absolute atomic E-state index is 13.7. The number of halogens is 2. The van der Waals surface area contributed by atoms with Crippen molar-refractivity contribution in [3.05, 3.63) is 97.3 Å². The highest BCUT2D eigenvalue weighted by atomic mass is 79.9. The first-order valence-electron chi connectivity index (χ1n) is 11.1. The van der Waals surface area contributed by atoms with Crippen LogP contribution >= 0.6 is 27.5 Å². The Labute approximate surface area is 215 Å². The van der Waals surface area contributed by atoms with Gasteiger partial charge in [0.15, 0.2) is 5.43 Å². The van der Waals surface area contributed by atoms with Gasteiger partial charge in [0.2, 0.25) is 5.76 Å². The first-order valence-corrected chi connectivity index (χ1v) is 12.3. The first kappa shape index (κ1) is 23.5. The zero-order valence-electron chi connectivity index (χ0n) is 19.0. The predicted octanol–water partition coefficient (Wildman–Crippen LogP) is 6.76. The van der Waals surface area contributed by atoms with Crippen molar-refractivity contribution in [2.24, 2.45) is 0 Å². The van der Waals surface area contributed by atoms with Crippen molar-refractivity contribution in [1.82, 2.24) is 0 Å². The van der Waals surface area contributed by atoms with E-state index in [9.17, 15) is 9.59 Å². The van der Waals surface area contributed by atoms with Crippen LogP contribution in [0.1, 0.15) is 41.1 Å². The Hall–Kier alpha value is -3.29. The van der Waals surface area contributed by atoms with Gasteiger partial charge in [-0.15, -0.1) is 0 Å². The average molecular weight is 555 g/mol. The van der Waals surface area contributed by atoms with E-state index in [0.717, 1.165) is 16.5 Å². The van der Waals surface area contributed by atoms with Crippen molar-refractivity contribution in [2.45, 2.75) is 19.4 Å². The van der Waals surface area contributed by atoms with E-state index < -0.39 is 11.9 Å². The molecule has 2 heterocycles. The van der Waals surface area contributed by atoms with Crippen molar-refractivity contribution in [3.63, 3.8) is 0 Å². The first-order chi connectivity index (χ1) is 16.9. The fraction of sp³-hybridized carbons (Fsp3) is 0.185. The minimum Gasteiger partial charge on any atom is -0.495 e. The molecule has 1 atom stereocenters. The number of nitrogens with zero attached hydrogens (tertiary/aromatic N) is 1. The van der Waals surface area contributed by atoms with E-state index in [2.05, 4.69) is 15.9 Å². The number of carbonyl (C=O) groups is 1. The van der Waals surface area contributed by atoms with Gasteiger partial charge in [0.25, 0.3) is 5.91 Å². The van der Waals surface area contributed by atoms with Gasteiger partial charge in [-0.3, -0.25) is 14.5 Å². The molecule has 0 aliphatic carbocycles. The van der Waals surface area contributed by atoms with E-state index in [1.165, 1.54) is 12.0 Å². The molecule has 1 aliphatic rings. The Bertz CT molecular complexity index is 1500. The molecule has 1 unspecified atom stereocenters. The highest BCUT2D eigenvalue weighted by molar-refractivity contribution is 9.10. The van der Waals surface area contributed by atoms with Gasteiger partial charge in [-0.2, -0.15) is 0 Å². The Balaban J connectivity index is 1.72. The summed E-state index contributed by atoms with van der Waals surface area (Å²) in [4.78, 5) is 29.0. The summed E-state index contributed by atoms with van der Waals surface area (Å²) in [5.41, 5.74) is 1.65. The summed E-state index contributed by atoms with van der Waals surface area (Å²) in [5.74, 6) is 0.805. The molecule has 1 aliphatic heterocycles. The number of methoxy groups -OCH3 is 1. The minimum atomic E-state index is -0.707. The van der Waals surface area contributed by atoms with Crippen molar-refractivity contribution in [3.8, 4) is 11.5 Å². The molecule has 35 heavy (non-hydrogen) atoms. The number of hydrogen-bond acceptors (Lipinski definition) is 5. The zero-order chi connectivity index (χ0) is 24.7. The van der Waals surface area contributed by atoms with E-state index in [4.69, 9.17) is 25.5 Å². The molecule has 6 nitrogen and oxygen atoms in total. The number of rotatable bonds is 6. The van der Waals surface area contributed by atoms with E-state index in [-0.39, 0.29) is 16.8 Å². The molecule has 3 aromatic carbocycles. The number of anilines is 1. The molecular weight excluding hydrogens is 534 g/mol. The molecule has 0 bridgehead atoms. The summed E-state index contributed by atoms with van der Waals surface area (Å²) in [6.07, 6.45) is 0.891. The summed E-state index contributed by atoms with van der Waals surface area (Å²) >= 11 is 9.81. The smallest absolute Gasteiger partial charge is 0.295 e. The lowest BCUT2D eigenvalue weighted by Crippen LogP contribution is -2.29. The van der Waals surface area contributed by atoms with Gasteiger partial charge in [0.1, 0.15) is 17.1 Å². The van der Waals surface area contributed by atoms with E-state index in [1.54, 1.807) is 36.4 Å². The molecule has 8 heteroatoms. The van der Waals surface area contributed by atoms with Gasteiger partial charge in [-0.25, -0.2) is 0 Å². The molecule has 0 radical (unpaired) electrons. The van der Waals surface area contributed by atoms with Crippen molar-refractivity contribution >= 4 is 50.1 Å². The number of hydrogen-bond donors (Lipinski definition) is 0. The number of carbonyl (C=O) groups excluding carboxylic acids is 1. The van der Waals surface area contributed by atoms with Gasteiger partial charge >= 0.3 is 0 Å². The minimum absolute atomic E-state index is 0.0214. The molecule has 0 saturated heterocycles. The van der Waals surface area contributed by atoms with Crippen LogP contribution in [-0.4, -0.2) is 19.6 Å². The van der Waals surface area contributed by atoms with Crippen LogP contribution in [0.25, 0.3) is 11.0 Å². The van der Waals surface area contributed by atoms with Gasteiger partial charge in [-0.1, -0.05) is 46.6 Å². The van der Waals surface area contributed by atoms with Crippen LogP contribution in [0.4, 0.5) is 5.69 Å². The fourth-order valence-corrected chi connectivity index (χ4v) is 4.91. The topological polar surface area (TPSA) is 69.0 Å². The molecule has 0 N–H and O–H groups in total. The zero-order valence-corrected chi connectivity index (χ0v) is 21.4. The van der Waals surface area contributed by atoms with Gasteiger partial charge in [0, 0.05) is 10.2 Å². The lowest BCUT2D eigenvalue weighted by atomic mass is 9.98. The second kappa shape index (κ2) is 9.40. The molecule has 0 saturated carbocycles. The third-order valence-corrected chi connectivity index (χ3v) is 6.70. The molecule has 1 aromatic heterocycles. The second-order valence-corrected chi connectivity index (χ2v) is 9.45. The van der Waals surface area contributed by atoms with Crippen LogP contribution in [0.3, 0.4) is 0 Å². The predicted molar refractivity (Wildman–Crippen MR) is 139 cm³/mol. The number of amides is 1. The molecule has 1 amide bonds. The molecular formula is C27H21BrClNO5. The molecule has 5 rings (SSSR count). The third-order valence-electron chi connectivity index (χ3n) is 5.91. The highest BCUT2D eigenvalue weighted by Gasteiger charge is 2.43. The van der Waals surface area contributed by atoms with Crippen LogP contribution in [0.2, 0.25) is 5.02 Å². The maximum atomic E-state index is 13.7. The van der Waals surface area contributed by atoms with E-state index >= 15 is 0 Å². The molecule has 4 aromatic rings. The number of fused-ring (bicyclic) bond motifs is 2. The summed E-state index contributed by atoms with van der Waals surface area (Å²) in [6.45, 7) is 2.64. The molecule has 178 valence electrons. The highest BCUT2D eigenvalue weighted by Crippen LogP contribution is 2.43. The Kier molecular flexibility index (Phi) is 6.30. The van der Waals surface area contributed by atoms with Gasteiger partial charge in [-0.05, 0) is 60.5 Å². The summed E-state index contributed by atoms with van der Waals surface area (Å²) in [6, 6.07) is 16.9. The Morgan fingerprint density at radius 3 is 2.51 bits per heavy atom. The van der Waals surface area contributed by atoms with Crippen LogP contribution in [0, 0.1) is 0 Å². The quantitative estimate of drug-likeness (QED) is 0.263. The summed E-state index contributed by atoms with van der Waals surface area (Å²) in [5, 5.41) is 0.748. The van der Waals surface area contributed by atoms with Crippen molar-refractivity contribution < 1.29 is 18.7 Å². The lowest BCUT2D eigenvalue weighted by molar-refractivity contribution is 0.0971. The van der Waals surface area contributed by atoms with Gasteiger partial charge in [0.05, 0.1) is 35.7 Å². The van der Waals surface area contributed by atoms with Crippen LogP contribution in [-0.2, 0) is 0 Å². The summed E-state index contributed by atoms with van der Waals surface area (Å²) in [7, 11) is 1.52. The van der Waals surface area contributed by atoms with E-state index in [1.807, 2.05) is 31.2 Å². The van der Waals surface area contributed by atoms with Crippen LogP contribution in [0.15, 0.2) is 74.3 Å². The van der Waals surface area contributed by atoms with Crippen LogP contribution in [0.5, 0.6) is 11.5 Å². The summed E-state index contributed by atoms with van der Waals surface area (Å²) < 4.78 is 17.7. The lowest BCUT2D eigenvalue weighted by Gasteiger charge is -2.26.